The normalized spacial score (nSPS) is 25.8. The van der Waals surface area contributed by atoms with Gasteiger partial charge in [-0.15, -0.1) is 0 Å². The molecule has 0 aromatic rings. The summed E-state index contributed by atoms with van der Waals surface area (Å²) in [5, 5.41) is 3.16. The maximum atomic E-state index is 5.01. The summed E-state index contributed by atoms with van der Waals surface area (Å²) < 4.78 is 5.01. The third-order valence-corrected chi connectivity index (χ3v) is 4.55. The molecule has 4 nitrogen and oxygen atoms in total. The van der Waals surface area contributed by atoms with Crippen LogP contribution in [-0.4, -0.2) is 38.4 Å². The van der Waals surface area contributed by atoms with Gasteiger partial charge >= 0.3 is 0 Å². The molecule has 1 aliphatic heterocycles. The highest BCUT2D eigenvalue weighted by atomic mass is 16.5. The second-order valence-electron chi connectivity index (χ2n) is 6.32. The van der Waals surface area contributed by atoms with Crippen molar-refractivity contribution in [2.24, 2.45) is 0 Å². The van der Waals surface area contributed by atoms with E-state index in [1.54, 1.807) is 0 Å². The number of hydrogen-bond acceptors (Lipinski definition) is 4. The second-order valence-corrected chi connectivity index (χ2v) is 6.32. The maximum absolute atomic E-state index is 5.01. The van der Waals surface area contributed by atoms with Gasteiger partial charge in [0.05, 0.1) is 13.2 Å². The zero-order valence-corrected chi connectivity index (χ0v) is 13.0. The molecule has 0 spiro atoms. The van der Waals surface area contributed by atoms with Gasteiger partial charge in [0.1, 0.15) is 0 Å². The van der Waals surface area contributed by atoms with E-state index in [1.807, 2.05) is 0 Å². The van der Waals surface area contributed by atoms with E-state index in [0.717, 1.165) is 38.4 Å². The van der Waals surface area contributed by atoms with Crippen LogP contribution in [0.4, 0.5) is 0 Å². The van der Waals surface area contributed by atoms with Gasteiger partial charge in [-0.25, -0.2) is 0 Å². The largest absolute Gasteiger partial charge is 0.379 e. The van der Waals surface area contributed by atoms with Gasteiger partial charge < -0.3 is 10.1 Å². The van der Waals surface area contributed by atoms with E-state index in [4.69, 9.17) is 4.74 Å². The SMILES string of the molecule is C1CCC(NNC2CCCCC2)CC1.C1COCCN1.[HH]. The van der Waals surface area contributed by atoms with Crippen molar-refractivity contribution in [1.82, 2.24) is 16.2 Å². The molecule has 1 heterocycles. The Balaban J connectivity index is 0.000000267. The molecule has 3 aliphatic rings. The van der Waals surface area contributed by atoms with Gasteiger partial charge in [0.15, 0.2) is 0 Å². The van der Waals surface area contributed by atoms with E-state index in [0.29, 0.717) is 0 Å². The molecule has 20 heavy (non-hydrogen) atoms. The van der Waals surface area contributed by atoms with Crippen molar-refractivity contribution in [3.63, 3.8) is 0 Å². The number of hydrazine groups is 1. The van der Waals surface area contributed by atoms with Crippen LogP contribution in [0.3, 0.4) is 0 Å². The molecule has 0 aromatic carbocycles. The molecule has 3 rings (SSSR count). The summed E-state index contributed by atoms with van der Waals surface area (Å²) in [7, 11) is 0. The first-order valence-electron chi connectivity index (χ1n) is 8.74. The van der Waals surface area contributed by atoms with Crippen molar-refractivity contribution < 1.29 is 6.16 Å². The minimum atomic E-state index is 0. The van der Waals surface area contributed by atoms with Crippen molar-refractivity contribution in [1.29, 1.82) is 0 Å². The molecule has 0 atom stereocenters. The van der Waals surface area contributed by atoms with Crippen LogP contribution in [-0.2, 0) is 4.74 Å². The molecule has 0 aromatic heterocycles. The topological polar surface area (TPSA) is 45.3 Å². The molecule has 1 saturated heterocycles. The predicted octanol–water partition coefficient (Wildman–Crippen LogP) is 2.60. The molecule has 4 heteroatoms. The lowest BCUT2D eigenvalue weighted by molar-refractivity contribution is 0.109. The second kappa shape index (κ2) is 10.6. The Morgan fingerprint density at radius 1 is 0.700 bits per heavy atom. The van der Waals surface area contributed by atoms with Crippen molar-refractivity contribution in [3.8, 4) is 0 Å². The quantitative estimate of drug-likeness (QED) is 0.698. The Labute approximate surface area is 125 Å². The average molecular weight is 285 g/mol. The molecule has 3 fully saturated rings. The summed E-state index contributed by atoms with van der Waals surface area (Å²) in [5.74, 6) is 0. The molecule has 0 amide bonds. The lowest BCUT2D eigenvalue weighted by Gasteiger charge is -2.28. The van der Waals surface area contributed by atoms with Crippen molar-refractivity contribution in [3.05, 3.63) is 0 Å². The molecular formula is C16H35N3O. The van der Waals surface area contributed by atoms with E-state index < -0.39 is 0 Å². The third-order valence-electron chi connectivity index (χ3n) is 4.55. The smallest absolute Gasteiger partial charge is 0.0591 e. The first kappa shape index (κ1) is 16.2. The zero-order valence-electron chi connectivity index (χ0n) is 13.0. The average Bonchev–Trinajstić information content (AvgIpc) is 2.57. The van der Waals surface area contributed by atoms with E-state index >= 15 is 0 Å². The van der Waals surface area contributed by atoms with Crippen LogP contribution < -0.4 is 16.2 Å². The summed E-state index contributed by atoms with van der Waals surface area (Å²) in [5.41, 5.74) is 7.08. The summed E-state index contributed by atoms with van der Waals surface area (Å²) in [6.45, 7) is 3.83. The Hall–Kier alpha value is -0.160. The Kier molecular flexibility index (Phi) is 8.55. The molecule has 2 aliphatic carbocycles. The van der Waals surface area contributed by atoms with Gasteiger partial charge in [0.25, 0.3) is 0 Å². The number of rotatable bonds is 3. The standard InChI is InChI=1S/C12H24N2.C4H9NO.H2/c1-3-7-11(8-4-1)13-14-12-9-5-2-6-10-12;1-3-6-4-2-5-1;/h11-14H,1-10H2;5H,1-4H2;1H. The van der Waals surface area contributed by atoms with Crippen LogP contribution >= 0.6 is 0 Å². The van der Waals surface area contributed by atoms with E-state index in [9.17, 15) is 0 Å². The summed E-state index contributed by atoms with van der Waals surface area (Å²) >= 11 is 0. The molecule has 0 radical (unpaired) electrons. The van der Waals surface area contributed by atoms with E-state index in [2.05, 4.69) is 16.2 Å². The zero-order chi connectivity index (χ0) is 13.9. The van der Waals surface area contributed by atoms with Gasteiger partial charge in [-0.3, -0.25) is 10.9 Å². The Morgan fingerprint density at radius 2 is 1.15 bits per heavy atom. The Morgan fingerprint density at radius 3 is 1.45 bits per heavy atom. The fourth-order valence-electron chi connectivity index (χ4n) is 3.25. The van der Waals surface area contributed by atoms with Crippen LogP contribution in [0.1, 0.15) is 65.6 Å². The first-order chi connectivity index (χ1) is 9.95. The minimum Gasteiger partial charge on any atom is -0.379 e. The van der Waals surface area contributed by atoms with E-state index in [1.165, 1.54) is 64.2 Å². The van der Waals surface area contributed by atoms with Crippen LogP contribution in [0.15, 0.2) is 0 Å². The number of hydrogen-bond donors (Lipinski definition) is 3. The molecule has 3 N–H and O–H groups in total. The van der Waals surface area contributed by atoms with Crippen molar-refractivity contribution in [2.75, 3.05) is 26.3 Å². The number of ether oxygens (including phenoxy) is 1. The van der Waals surface area contributed by atoms with E-state index in [-0.39, 0.29) is 1.43 Å². The van der Waals surface area contributed by atoms with Gasteiger partial charge in [0, 0.05) is 26.6 Å². The van der Waals surface area contributed by atoms with Crippen molar-refractivity contribution >= 4 is 0 Å². The lowest BCUT2D eigenvalue weighted by atomic mass is 9.95. The maximum Gasteiger partial charge on any atom is 0.0591 e. The molecule has 2 saturated carbocycles. The fourth-order valence-corrected chi connectivity index (χ4v) is 3.25. The van der Waals surface area contributed by atoms with Crippen LogP contribution in [0, 0.1) is 0 Å². The van der Waals surface area contributed by atoms with Gasteiger partial charge in [-0.2, -0.15) is 0 Å². The third kappa shape index (κ3) is 7.02. The minimum absolute atomic E-state index is 0. The van der Waals surface area contributed by atoms with Crippen molar-refractivity contribution in [2.45, 2.75) is 76.3 Å². The molecule has 0 unspecified atom stereocenters. The lowest BCUT2D eigenvalue weighted by Crippen LogP contribution is -2.47. The highest BCUT2D eigenvalue weighted by molar-refractivity contribution is 4.74. The monoisotopic (exact) mass is 285 g/mol. The highest BCUT2D eigenvalue weighted by Crippen LogP contribution is 2.19. The van der Waals surface area contributed by atoms with Crippen LogP contribution in [0.2, 0.25) is 0 Å². The summed E-state index contributed by atoms with van der Waals surface area (Å²) in [6, 6.07) is 1.51. The molecule has 120 valence electrons. The number of nitrogens with one attached hydrogen (secondary N) is 3. The van der Waals surface area contributed by atoms with Gasteiger partial charge in [-0.1, -0.05) is 38.5 Å². The molecule has 0 bridgehead atoms. The van der Waals surface area contributed by atoms with Crippen LogP contribution in [0.25, 0.3) is 0 Å². The van der Waals surface area contributed by atoms with Gasteiger partial charge in [0.2, 0.25) is 0 Å². The number of morpholine rings is 1. The predicted molar refractivity (Wildman–Crippen MR) is 85.8 cm³/mol. The molecular weight excluding hydrogens is 250 g/mol. The van der Waals surface area contributed by atoms with Crippen LogP contribution in [0.5, 0.6) is 0 Å². The fraction of sp³-hybridized carbons (Fsp3) is 1.00. The Bertz CT molecular complexity index is 198. The first-order valence-corrected chi connectivity index (χ1v) is 8.74. The summed E-state index contributed by atoms with van der Waals surface area (Å²) in [6.07, 6.45) is 14.1. The summed E-state index contributed by atoms with van der Waals surface area (Å²) in [4.78, 5) is 0. The highest BCUT2D eigenvalue weighted by Gasteiger charge is 2.16. The van der Waals surface area contributed by atoms with Gasteiger partial charge in [-0.05, 0) is 25.7 Å².